The summed E-state index contributed by atoms with van der Waals surface area (Å²) in [7, 11) is 0. The van der Waals surface area contributed by atoms with Crippen LogP contribution in [0.1, 0.15) is 56.1 Å². The fraction of sp³-hybridized carbons (Fsp3) is 0.625. The Kier molecular flexibility index (Phi) is 4.52. The predicted molar refractivity (Wildman–Crippen MR) is 83.3 cm³/mol. The van der Waals surface area contributed by atoms with Crippen LogP contribution < -0.4 is 5.32 Å². The molecule has 0 radical (unpaired) electrons. The van der Waals surface area contributed by atoms with Gasteiger partial charge < -0.3 is 9.84 Å². The molecule has 0 spiro atoms. The number of hydrogen-bond donors (Lipinski definition) is 1. The summed E-state index contributed by atoms with van der Waals surface area (Å²) >= 11 is 0. The van der Waals surface area contributed by atoms with E-state index in [1.54, 1.807) is 0 Å². The van der Waals surface area contributed by atoms with Crippen LogP contribution in [0.15, 0.2) is 10.6 Å². The molecule has 2 rings (SSSR count). The number of rotatable bonds is 5. The fourth-order valence-corrected chi connectivity index (χ4v) is 2.42. The molecule has 0 unspecified atom stereocenters. The molecule has 1 N–H and O–H groups in total. The Morgan fingerprint density at radius 1 is 1.29 bits per heavy atom. The van der Waals surface area contributed by atoms with Gasteiger partial charge in [0.2, 0.25) is 0 Å². The Bertz CT molecular complexity index is 604. The van der Waals surface area contributed by atoms with E-state index in [4.69, 9.17) is 4.52 Å². The van der Waals surface area contributed by atoms with Crippen molar-refractivity contribution in [2.24, 2.45) is 0 Å². The minimum atomic E-state index is 0.0742. The molecule has 0 saturated heterocycles. The van der Waals surface area contributed by atoms with Crippen molar-refractivity contribution in [3.05, 3.63) is 34.5 Å². The van der Waals surface area contributed by atoms with Gasteiger partial charge in [0.05, 0.1) is 11.4 Å². The van der Waals surface area contributed by atoms with Crippen LogP contribution in [0.25, 0.3) is 0 Å². The van der Waals surface area contributed by atoms with Crippen LogP contribution in [0.3, 0.4) is 0 Å². The zero-order valence-corrected chi connectivity index (χ0v) is 13.9. The minimum Gasteiger partial charge on any atom is -0.359 e. The highest BCUT2D eigenvalue weighted by atomic mass is 16.5. The van der Waals surface area contributed by atoms with Gasteiger partial charge in [0.25, 0.3) is 0 Å². The van der Waals surface area contributed by atoms with E-state index >= 15 is 0 Å². The molecule has 0 fully saturated rings. The van der Waals surface area contributed by atoms with Crippen molar-refractivity contribution < 1.29 is 4.52 Å². The van der Waals surface area contributed by atoms with Gasteiger partial charge >= 0.3 is 0 Å². The third kappa shape index (κ3) is 3.94. The SMILES string of the molecule is CCc1c(C)nn(Cc2cc(CNC(C)(C)C)no2)c1C. The molecule has 2 aromatic rings. The molecule has 0 atom stereocenters. The highest BCUT2D eigenvalue weighted by Gasteiger charge is 2.14. The van der Waals surface area contributed by atoms with Crippen LogP contribution in [0.5, 0.6) is 0 Å². The highest BCUT2D eigenvalue weighted by molar-refractivity contribution is 5.24. The predicted octanol–water partition coefficient (Wildman–Crippen LogP) is 2.99. The molecule has 2 aromatic heterocycles. The molecular formula is C16H26N4O. The van der Waals surface area contributed by atoms with E-state index in [0.29, 0.717) is 13.1 Å². The summed E-state index contributed by atoms with van der Waals surface area (Å²) in [4.78, 5) is 0. The summed E-state index contributed by atoms with van der Waals surface area (Å²) in [5.41, 5.74) is 4.64. The number of hydrogen-bond acceptors (Lipinski definition) is 4. The summed E-state index contributed by atoms with van der Waals surface area (Å²) in [6.45, 7) is 14.1. The Morgan fingerprint density at radius 3 is 2.57 bits per heavy atom. The maximum absolute atomic E-state index is 5.42. The van der Waals surface area contributed by atoms with Crippen molar-refractivity contribution in [2.75, 3.05) is 0 Å². The third-order valence-electron chi connectivity index (χ3n) is 3.60. The third-order valence-corrected chi connectivity index (χ3v) is 3.60. The van der Waals surface area contributed by atoms with Gasteiger partial charge in [-0.3, -0.25) is 4.68 Å². The number of nitrogens with one attached hydrogen (secondary N) is 1. The number of aryl methyl sites for hydroxylation is 1. The van der Waals surface area contributed by atoms with Gasteiger partial charge in [-0.05, 0) is 46.6 Å². The van der Waals surface area contributed by atoms with E-state index in [0.717, 1.165) is 23.6 Å². The first-order chi connectivity index (χ1) is 9.80. The Hall–Kier alpha value is -1.62. The van der Waals surface area contributed by atoms with Gasteiger partial charge in [-0.15, -0.1) is 0 Å². The molecule has 116 valence electrons. The molecule has 0 aliphatic heterocycles. The van der Waals surface area contributed by atoms with Gasteiger partial charge in [0, 0.05) is 23.8 Å². The molecule has 0 aliphatic rings. The Morgan fingerprint density at radius 2 is 2.00 bits per heavy atom. The molecular weight excluding hydrogens is 264 g/mol. The van der Waals surface area contributed by atoms with Crippen molar-refractivity contribution in [2.45, 2.75) is 66.6 Å². The molecule has 21 heavy (non-hydrogen) atoms. The van der Waals surface area contributed by atoms with Crippen LogP contribution in [0.2, 0.25) is 0 Å². The van der Waals surface area contributed by atoms with Gasteiger partial charge in [0.15, 0.2) is 5.76 Å². The van der Waals surface area contributed by atoms with Crippen LogP contribution in [-0.2, 0) is 19.5 Å². The normalized spacial score (nSPS) is 12.1. The van der Waals surface area contributed by atoms with Gasteiger partial charge in [-0.2, -0.15) is 5.10 Å². The summed E-state index contributed by atoms with van der Waals surface area (Å²) in [5.74, 6) is 0.842. The lowest BCUT2D eigenvalue weighted by atomic mass is 10.1. The van der Waals surface area contributed by atoms with Gasteiger partial charge in [-0.25, -0.2) is 0 Å². The molecule has 0 amide bonds. The van der Waals surface area contributed by atoms with Crippen LogP contribution in [-0.4, -0.2) is 20.5 Å². The molecule has 0 saturated carbocycles. The zero-order valence-electron chi connectivity index (χ0n) is 13.9. The fourth-order valence-electron chi connectivity index (χ4n) is 2.42. The smallest absolute Gasteiger partial charge is 0.158 e. The summed E-state index contributed by atoms with van der Waals surface area (Å²) in [6.07, 6.45) is 1.01. The van der Waals surface area contributed by atoms with E-state index in [2.05, 4.69) is 57.1 Å². The van der Waals surface area contributed by atoms with Crippen molar-refractivity contribution in [3.63, 3.8) is 0 Å². The van der Waals surface area contributed by atoms with Crippen molar-refractivity contribution in [1.82, 2.24) is 20.3 Å². The Balaban J connectivity index is 2.06. The lowest BCUT2D eigenvalue weighted by molar-refractivity contribution is 0.356. The van der Waals surface area contributed by atoms with E-state index in [1.807, 2.05) is 10.7 Å². The maximum Gasteiger partial charge on any atom is 0.158 e. The average Bonchev–Trinajstić information content (AvgIpc) is 2.93. The van der Waals surface area contributed by atoms with Crippen LogP contribution in [0.4, 0.5) is 0 Å². The summed E-state index contributed by atoms with van der Waals surface area (Å²) in [6, 6.07) is 2.00. The van der Waals surface area contributed by atoms with Crippen molar-refractivity contribution >= 4 is 0 Å². The topological polar surface area (TPSA) is 55.9 Å². The van der Waals surface area contributed by atoms with Crippen LogP contribution >= 0.6 is 0 Å². The second kappa shape index (κ2) is 6.02. The Labute approximate surface area is 126 Å². The monoisotopic (exact) mass is 290 g/mol. The van der Waals surface area contributed by atoms with Gasteiger partial charge in [-0.1, -0.05) is 12.1 Å². The number of nitrogens with zero attached hydrogens (tertiary/aromatic N) is 3. The van der Waals surface area contributed by atoms with E-state index in [-0.39, 0.29) is 5.54 Å². The lowest BCUT2D eigenvalue weighted by Gasteiger charge is -2.19. The zero-order chi connectivity index (χ0) is 15.6. The maximum atomic E-state index is 5.42. The van der Waals surface area contributed by atoms with Crippen LogP contribution in [0, 0.1) is 13.8 Å². The van der Waals surface area contributed by atoms with Crippen molar-refractivity contribution in [1.29, 1.82) is 0 Å². The minimum absolute atomic E-state index is 0.0742. The first-order valence-corrected chi connectivity index (χ1v) is 7.52. The lowest BCUT2D eigenvalue weighted by Crippen LogP contribution is -2.35. The first-order valence-electron chi connectivity index (χ1n) is 7.52. The van der Waals surface area contributed by atoms with Crippen molar-refractivity contribution in [3.8, 4) is 0 Å². The van der Waals surface area contributed by atoms with Gasteiger partial charge in [0.1, 0.15) is 6.54 Å². The average molecular weight is 290 g/mol. The summed E-state index contributed by atoms with van der Waals surface area (Å²) < 4.78 is 7.42. The highest BCUT2D eigenvalue weighted by Crippen LogP contribution is 2.15. The second-order valence-corrected chi connectivity index (χ2v) is 6.55. The first kappa shape index (κ1) is 15.8. The summed E-state index contributed by atoms with van der Waals surface area (Å²) in [5, 5.41) is 12.1. The quantitative estimate of drug-likeness (QED) is 0.919. The molecule has 0 aromatic carbocycles. The largest absolute Gasteiger partial charge is 0.359 e. The standard InChI is InChI=1S/C16H26N4O/c1-7-15-11(2)18-20(12(15)3)10-14-8-13(19-21-14)9-17-16(4,5)6/h8,17H,7,9-10H2,1-6H3. The molecule has 0 bridgehead atoms. The van der Waals surface area contributed by atoms with E-state index < -0.39 is 0 Å². The second-order valence-electron chi connectivity index (χ2n) is 6.55. The van der Waals surface area contributed by atoms with E-state index in [9.17, 15) is 0 Å². The molecule has 0 aliphatic carbocycles. The molecule has 5 heteroatoms. The van der Waals surface area contributed by atoms with E-state index in [1.165, 1.54) is 11.3 Å². The molecule has 5 nitrogen and oxygen atoms in total. The molecule has 2 heterocycles. The number of aromatic nitrogens is 3.